The number of nitrogens with one attached hydrogen (secondary N) is 1. The number of benzene rings is 2. The standard InChI is InChI=1S/C18H19FN2O3S/c1-3-12-20-25(23,24)17-13-14(10-11-16(17)19)18(22)21(4-2)15-8-6-5-7-9-15/h3,5-11,13,20H,1,4,12H2,2H3. The van der Waals surface area contributed by atoms with Crippen LogP contribution in [0.25, 0.3) is 0 Å². The van der Waals surface area contributed by atoms with E-state index in [-0.39, 0.29) is 12.1 Å². The Kier molecular flexibility index (Phi) is 6.06. The molecule has 0 radical (unpaired) electrons. The highest BCUT2D eigenvalue weighted by molar-refractivity contribution is 7.89. The molecule has 0 unspecified atom stereocenters. The number of amides is 1. The zero-order valence-electron chi connectivity index (χ0n) is 13.8. The average Bonchev–Trinajstić information content (AvgIpc) is 2.61. The predicted molar refractivity (Wildman–Crippen MR) is 95.6 cm³/mol. The average molecular weight is 362 g/mol. The molecule has 25 heavy (non-hydrogen) atoms. The number of hydrogen-bond acceptors (Lipinski definition) is 3. The van der Waals surface area contributed by atoms with Crippen molar-refractivity contribution in [3.8, 4) is 0 Å². The Labute approximate surface area is 146 Å². The normalized spacial score (nSPS) is 11.1. The molecule has 2 aromatic rings. The van der Waals surface area contributed by atoms with Gasteiger partial charge in [0.25, 0.3) is 5.91 Å². The van der Waals surface area contributed by atoms with Gasteiger partial charge >= 0.3 is 0 Å². The van der Waals surface area contributed by atoms with E-state index in [1.165, 1.54) is 17.0 Å². The number of sulfonamides is 1. The second kappa shape index (κ2) is 8.04. The molecule has 2 rings (SSSR count). The van der Waals surface area contributed by atoms with Crippen LogP contribution < -0.4 is 9.62 Å². The van der Waals surface area contributed by atoms with E-state index in [0.717, 1.165) is 12.1 Å². The highest BCUT2D eigenvalue weighted by atomic mass is 32.2. The molecule has 0 aliphatic heterocycles. The summed E-state index contributed by atoms with van der Waals surface area (Å²) >= 11 is 0. The van der Waals surface area contributed by atoms with Crippen LogP contribution in [0.1, 0.15) is 17.3 Å². The van der Waals surface area contributed by atoms with Crippen LogP contribution in [0.2, 0.25) is 0 Å². The van der Waals surface area contributed by atoms with Gasteiger partial charge in [-0.25, -0.2) is 17.5 Å². The Hall–Kier alpha value is -2.51. The number of carbonyl (C=O) groups is 1. The van der Waals surface area contributed by atoms with E-state index in [4.69, 9.17) is 0 Å². The minimum absolute atomic E-state index is 0.0367. The van der Waals surface area contributed by atoms with Crippen molar-refractivity contribution in [1.29, 1.82) is 0 Å². The molecule has 0 spiro atoms. The Bertz CT molecular complexity index is 867. The van der Waals surface area contributed by atoms with E-state index in [1.54, 1.807) is 31.2 Å². The number of carbonyl (C=O) groups excluding carboxylic acids is 1. The van der Waals surface area contributed by atoms with Gasteiger partial charge in [0.1, 0.15) is 10.7 Å². The van der Waals surface area contributed by atoms with Gasteiger partial charge < -0.3 is 4.90 Å². The maximum absolute atomic E-state index is 14.0. The first-order valence-electron chi connectivity index (χ1n) is 7.67. The molecule has 5 nitrogen and oxygen atoms in total. The summed E-state index contributed by atoms with van der Waals surface area (Å²) in [6.45, 7) is 5.56. The Morgan fingerprint density at radius 3 is 2.52 bits per heavy atom. The molecule has 2 aromatic carbocycles. The highest BCUT2D eigenvalue weighted by Gasteiger charge is 2.23. The molecular formula is C18H19FN2O3S. The van der Waals surface area contributed by atoms with Gasteiger partial charge in [-0.1, -0.05) is 24.3 Å². The van der Waals surface area contributed by atoms with Gasteiger partial charge in [0, 0.05) is 24.3 Å². The monoisotopic (exact) mass is 362 g/mol. The molecule has 7 heteroatoms. The number of halogens is 1. The third-order valence-electron chi connectivity index (χ3n) is 3.51. The molecule has 0 fully saturated rings. The number of nitrogens with zero attached hydrogens (tertiary/aromatic N) is 1. The van der Waals surface area contributed by atoms with Crippen LogP contribution in [0.4, 0.5) is 10.1 Å². The molecule has 0 aliphatic rings. The van der Waals surface area contributed by atoms with Gasteiger partial charge in [-0.3, -0.25) is 4.79 Å². The Morgan fingerprint density at radius 1 is 1.24 bits per heavy atom. The van der Waals surface area contributed by atoms with Gasteiger partial charge in [0.05, 0.1) is 0 Å². The quantitative estimate of drug-likeness (QED) is 0.770. The lowest BCUT2D eigenvalue weighted by atomic mass is 10.1. The second-order valence-corrected chi connectivity index (χ2v) is 6.91. The molecule has 0 atom stereocenters. The lowest BCUT2D eigenvalue weighted by Gasteiger charge is -2.21. The molecule has 1 N–H and O–H groups in total. The first kappa shape index (κ1) is 18.8. The van der Waals surface area contributed by atoms with Crippen molar-refractivity contribution in [2.24, 2.45) is 0 Å². The fourth-order valence-electron chi connectivity index (χ4n) is 2.30. The lowest BCUT2D eigenvalue weighted by molar-refractivity contribution is 0.0988. The molecule has 0 saturated carbocycles. The third kappa shape index (κ3) is 4.32. The molecule has 0 aliphatic carbocycles. The maximum Gasteiger partial charge on any atom is 0.258 e. The minimum atomic E-state index is -4.07. The van der Waals surface area contributed by atoms with E-state index >= 15 is 0 Å². The van der Waals surface area contributed by atoms with Crippen LogP contribution in [0.3, 0.4) is 0 Å². The van der Waals surface area contributed by atoms with Crippen LogP contribution in [0.15, 0.2) is 66.1 Å². The second-order valence-electron chi connectivity index (χ2n) is 5.17. The number of hydrogen-bond donors (Lipinski definition) is 1. The summed E-state index contributed by atoms with van der Waals surface area (Å²) in [5.41, 5.74) is 0.764. The van der Waals surface area contributed by atoms with Crippen LogP contribution in [-0.2, 0) is 10.0 Å². The third-order valence-corrected chi connectivity index (χ3v) is 4.95. The first-order valence-corrected chi connectivity index (χ1v) is 9.16. The van der Waals surface area contributed by atoms with Crippen molar-refractivity contribution >= 4 is 21.6 Å². The lowest BCUT2D eigenvalue weighted by Crippen LogP contribution is -2.31. The Morgan fingerprint density at radius 2 is 1.92 bits per heavy atom. The van der Waals surface area contributed by atoms with Gasteiger partial charge in [0.2, 0.25) is 10.0 Å². The summed E-state index contributed by atoms with van der Waals surface area (Å²) in [7, 11) is -4.07. The smallest absolute Gasteiger partial charge is 0.258 e. The van der Waals surface area contributed by atoms with Crippen molar-refractivity contribution in [1.82, 2.24) is 4.72 Å². The van der Waals surface area contributed by atoms with Crippen molar-refractivity contribution in [2.75, 3.05) is 18.0 Å². The zero-order valence-corrected chi connectivity index (χ0v) is 14.6. The van der Waals surface area contributed by atoms with Gasteiger partial charge in [-0.05, 0) is 37.3 Å². The number of para-hydroxylation sites is 1. The van der Waals surface area contributed by atoms with E-state index in [0.29, 0.717) is 12.2 Å². The van der Waals surface area contributed by atoms with Crippen molar-refractivity contribution in [3.05, 3.63) is 72.6 Å². The summed E-state index contributed by atoms with van der Waals surface area (Å²) in [5, 5.41) is 0. The topological polar surface area (TPSA) is 66.5 Å². The fourth-order valence-corrected chi connectivity index (χ4v) is 3.40. The van der Waals surface area contributed by atoms with E-state index in [2.05, 4.69) is 11.3 Å². The largest absolute Gasteiger partial charge is 0.309 e. The number of anilines is 1. The van der Waals surface area contributed by atoms with Crippen LogP contribution in [0, 0.1) is 5.82 Å². The first-order chi connectivity index (χ1) is 11.9. The SMILES string of the molecule is C=CCNS(=O)(=O)c1cc(C(=O)N(CC)c2ccccc2)ccc1F. The molecule has 1 amide bonds. The van der Waals surface area contributed by atoms with Crippen molar-refractivity contribution in [3.63, 3.8) is 0 Å². The molecule has 0 aromatic heterocycles. The molecule has 0 bridgehead atoms. The summed E-state index contributed by atoms with van der Waals surface area (Å²) in [6.07, 6.45) is 1.35. The fraction of sp³-hybridized carbons (Fsp3) is 0.167. The van der Waals surface area contributed by atoms with Crippen LogP contribution >= 0.6 is 0 Å². The maximum atomic E-state index is 14.0. The summed E-state index contributed by atoms with van der Waals surface area (Å²) in [5.74, 6) is -1.33. The molecule has 0 saturated heterocycles. The summed E-state index contributed by atoms with van der Waals surface area (Å²) in [4.78, 5) is 13.7. The minimum Gasteiger partial charge on any atom is -0.309 e. The van der Waals surface area contributed by atoms with Gasteiger partial charge in [-0.15, -0.1) is 6.58 Å². The van der Waals surface area contributed by atoms with Gasteiger partial charge in [0.15, 0.2) is 0 Å². The summed E-state index contributed by atoms with van der Waals surface area (Å²) in [6, 6.07) is 12.3. The van der Waals surface area contributed by atoms with E-state index < -0.39 is 26.6 Å². The molecule has 132 valence electrons. The Balaban J connectivity index is 2.41. The highest BCUT2D eigenvalue weighted by Crippen LogP contribution is 2.20. The summed E-state index contributed by atoms with van der Waals surface area (Å²) < 4.78 is 40.5. The van der Waals surface area contributed by atoms with Gasteiger partial charge in [-0.2, -0.15) is 0 Å². The zero-order chi connectivity index (χ0) is 18.4. The molecule has 0 heterocycles. The van der Waals surface area contributed by atoms with E-state index in [9.17, 15) is 17.6 Å². The van der Waals surface area contributed by atoms with Crippen molar-refractivity contribution in [2.45, 2.75) is 11.8 Å². The molecular weight excluding hydrogens is 343 g/mol. The van der Waals surface area contributed by atoms with E-state index in [1.807, 2.05) is 6.07 Å². The number of rotatable bonds is 7. The van der Waals surface area contributed by atoms with Crippen LogP contribution in [0.5, 0.6) is 0 Å². The van der Waals surface area contributed by atoms with Crippen molar-refractivity contribution < 1.29 is 17.6 Å². The van der Waals surface area contributed by atoms with Crippen LogP contribution in [-0.4, -0.2) is 27.4 Å². The predicted octanol–water partition coefficient (Wildman–Crippen LogP) is 2.96.